The average molecular weight is 773 g/mol. The number of benzene rings is 1. The number of amides is 4. The summed E-state index contributed by atoms with van der Waals surface area (Å²) in [7, 11) is 6.37. The summed E-state index contributed by atoms with van der Waals surface area (Å²) < 4.78 is 12.0. The number of nitrogens with zero attached hydrogens (tertiary/aromatic N) is 3. The Morgan fingerprint density at radius 2 is 1.74 bits per heavy atom. The highest BCUT2D eigenvalue weighted by Gasteiger charge is 2.45. The molecule has 1 aliphatic rings. The molecule has 54 heavy (non-hydrogen) atoms. The molecule has 2 heterocycles. The van der Waals surface area contributed by atoms with Crippen molar-refractivity contribution >= 4 is 35.0 Å². The zero-order valence-electron chi connectivity index (χ0n) is 34.0. The molecular weight excluding hydrogens is 709 g/mol. The molecule has 0 spiro atoms. The quantitative estimate of drug-likeness (QED) is 0.157. The maximum atomic E-state index is 14.2. The summed E-state index contributed by atoms with van der Waals surface area (Å²) in [5, 5.41) is 22.7. The highest BCUT2D eigenvalue weighted by molar-refractivity contribution is 7.09. The number of aromatic nitrogens is 1. The van der Waals surface area contributed by atoms with Crippen molar-refractivity contribution in [3.05, 3.63) is 52.5 Å². The van der Waals surface area contributed by atoms with Gasteiger partial charge in [0.05, 0.1) is 53.8 Å². The van der Waals surface area contributed by atoms with Crippen LogP contribution in [-0.4, -0.2) is 120 Å². The fourth-order valence-corrected chi connectivity index (χ4v) is 7.92. The molecule has 14 heteroatoms. The first kappa shape index (κ1) is 45.0. The van der Waals surface area contributed by atoms with Crippen LogP contribution in [-0.2, 0) is 35.1 Å². The number of thiazole rings is 1. The minimum Gasteiger partial charge on any atom is -0.388 e. The fraction of sp³-hybridized carbons (Fsp3) is 0.675. The maximum Gasteiger partial charge on any atom is 0.248 e. The van der Waals surface area contributed by atoms with E-state index in [9.17, 15) is 24.3 Å². The first-order valence-electron chi connectivity index (χ1n) is 19.0. The summed E-state index contributed by atoms with van der Waals surface area (Å²) in [5.41, 5.74) is -1.50. The van der Waals surface area contributed by atoms with Crippen LogP contribution in [0.4, 0.5) is 0 Å². The normalized spacial score (nSPS) is 18.9. The topological polar surface area (TPSA) is 162 Å². The summed E-state index contributed by atoms with van der Waals surface area (Å²) in [5.74, 6) is -1.97. The van der Waals surface area contributed by atoms with Crippen LogP contribution in [0.2, 0.25) is 0 Å². The molecule has 4 N–H and O–H groups in total. The molecule has 0 bridgehead atoms. The van der Waals surface area contributed by atoms with Crippen molar-refractivity contribution in [2.45, 2.75) is 128 Å². The van der Waals surface area contributed by atoms with Gasteiger partial charge in [-0.15, -0.1) is 11.3 Å². The van der Waals surface area contributed by atoms with Crippen LogP contribution in [0.15, 0.2) is 41.9 Å². The summed E-state index contributed by atoms with van der Waals surface area (Å²) in [6.45, 7) is 12.7. The van der Waals surface area contributed by atoms with Crippen molar-refractivity contribution in [3.8, 4) is 0 Å². The lowest BCUT2D eigenvalue weighted by atomic mass is 9.88. The first-order chi connectivity index (χ1) is 25.4. The Morgan fingerprint density at radius 1 is 1.07 bits per heavy atom. The number of methoxy groups -OCH3 is 2. The largest absolute Gasteiger partial charge is 0.388 e. The molecule has 4 amide bonds. The summed E-state index contributed by atoms with van der Waals surface area (Å²) in [6.07, 6.45) is 3.12. The number of rotatable bonds is 20. The van der Waals surface area contributed by atoms with E-state index in [1.54, 1.807) is 46.1 Å². The number of likely N-dealkylation sites (N-methyl/N-ethyl adjacent to an activating group) is 2. The highest BCUT2D eigenvalue weighted by Crippen LogP contribution is 2.31. The molecule has 1 aliphatic heterocycles. The van der Waals surface area contributed by atoms with Gasteiger partial charge in [-0.25, -0.2) is 4.98 Å². The van der Waals surface area contributed by atoms with Gasteiger partial charge in [0.25, 0.3) is 0 Å². The van der Waals surface area contributed by atoms with Gasteiger partial charge in [-0.3, -0.25) is 19.2 Å². The molecule has 0 saturated carbocycles. The molecule has 13 nitrogen and oxygen atoms in total. The number of likely N-dealkylation sites (tertiary alicyclic amines) is 1. The lowest BCUT2D eigenvalue weighted by Crippen LogP contribution is -2.65. The van der Waals surface area contributed by atoms with E-state index in [0.29, 0.717) is 25.8 Å². The van der Waals surface area contributed by atoms with E-state index in [0.717, 1.165) is 17.0 Å². The smallest absolute Gasteiger partial charge is 0.248 e. The van der Waals surface area contributed by atoms with E-state index in [2.05, 4.69) is 20.9 Å². The van der Waals surface area contributed by atoms with Gasteiger partial charge >= 0.3 is 0 Å². The van der Waals surface area contributed by atoms with Gasteiger partial charge in [-0.1, -0.05) is 57.5 Å². The number of hydrogen-bond donors (Lipinski definition) is 4. The van der Waals surface area contributed by atoms with Gasteiger partial charge in [0.1, 0.15) is 11.0 Å². The maximum absolute atomic E-state index is 14.2. The minimum atomic E-state index is -1.59. The molecular formula is C40H64N6O7S. The van der Waals surface area contributed by atoms with Crippen molar-refractivity contribution in [1.82, 2.24) is 30.7 Å². The summed E-state index contributed by atoms with van der Waals surface area (Å²) in [4.78, 5) is 63.2. The van der Waals surface area contributed by atoms with Gasteiger partial charge in [-0.2, -0.15) is 0 Å². The van der Waals surface area contributed by atoms with E-state index in [1.165, 1.54) is 37.2 Å². The molecule has 1 saturated heterocycles. The number of carbonyl (C=O) groups is 4. The Kier molecular flexibility index (Phi) is 16.6. The zero-order valence-corrected chi connectivity index (χ0v) is 34.9. The lowest BCUT2D eigenvalue weighted by Gasteiger charge is -2.42. The first-order valence-corrected chi connectivity index (χ1v) is 19.9. The van der Waals surface area contributed by atoms with Gasteiger partial charge in [-0.05, 0) is 65.5 Å². The van der Waals surface area contributed by atoms with Crippen LogP contribution in [0, 0.1) is 11.8 Å². The molecule has 3 rings (SSSR count). The minimum absolute atomic E-state index is 0.0217. The second-order valence-electron chi connectivity index (χ2n) is 15.6. The van der Waals surface area contributed by atoms with E-state index in [-0.39, 0.29) is 36.2 Å². The van der Waals surface area contributed by atoms with Crippen LogP contribution < -0.4 is 16.0 Å². The number of carbonyl (C=O) groups excluding carboxylic acids is 4. The molecule has 2 aromatic rings. The second kappa shape index (κ2) is 19.9. The van der Waals surface area contributed by atoms with E-state index in [4.69, 9.17) is 9.47 Å². The monoisotopic (exact) mass is 772 g/mol. The van der Waals surface area contributed by atoms with E-state index >= 15 is 0 Å². The van der Waals surface area contributed by atoms with Crippen molar-refractivity contribution in [1.29, 1.82) is 0 Å². The number of aliphatic hydroxyl groups is 1. The van der Waals surface area contributed by atoms with Crippen molar-refractivity contribution in [3.63, 3.8) is 0 Å². The predicted octanol–water partition coefficient (Wildman–Crippen LogP) is 3.72. The van der Waals surface area contributed by atoms with Crippen molar-refractivity contribution in [2.75, 3.05) is 34.9 Å². The second-order valence-corrected chi connectivity index (χ2v) is 16.6. The fourth-order valence-electron chi connectivity index (χ4n) is 7.23. The predicted molar refractivity (Wildman–Crippen MR) is 211 cm³/mol. The van der Waals surface area contributed by atoms with Crippen LogP contribution in [0.5, 0.6) is 0 Å². The highest BCUT2D eigenvalue weighted by atomic mass is 32.1. The van der Waals surface area contributed by atoms with Crippen LogP contribution in [0.1, 0.15) is 90.8 Å². The molecule has 0 aliphatic carbocycles. The molecule has 1 fully saturated rings. The van der Waals surface area contributed by atoms with Gasteiger partial charge in [0.15, 0.2) is 0 Å². The van der Waals surface area contributed by atoms with E-state index < -0.39 is 53.2 Å². The Bertz CT molecular complexity index is 1500. The summed E-state index contributed by atoms with van der Waals surface area (Å²) in [6, 6.07) is 7.46. The number of ether oxygens (including phenoxy) is 2. The molecule has 0 unspecified atom stereocenters. The van der Waals surface area contributed by atoms with Crippen LogP contribution >= 0.6 is 11.3 Å². The zero-order chi connectivity index (χ0) is 40.4. The standard InChI is InChI=1S/C40H64N6O7S/c1-12-25(2)32(45(9)37(49)34(40(6,7)51)44-38(50)39(4,5)41-8)30(52-10)24-31(47)46-21-16-19-29(46)33(53-11)26(3)35(48)43-28(36-42-20-22-54-36)23-27-17-14-13-15-18-27/h13-15,17-18,20,22,25-26,28-30,32-34,41,51H,12,16,19,21,23-24H2,1-11H3,(H,43,48)(H,44,50)/t25-,26+,28-,29-,30+,32-,33+,34+/m0/s1. The molecule has 1 aromatic carbocycles. The molecule has 302 valence electrons. The average Bonchev–Trinajstić information content (AvgIpc) is 3.86. The molecule has 8 atom stereocenters. The SMILES string of the molecule is CC[C@H](C)[C@@H]([C@@H](CC(=O)N1CCC[C@H]1[C@H](OC)[C@@H](C)C(=O)N[C@@H](Cc1ccccc1)c1nccs1)OC)N(C)C(=O)[C@@H](NC(=O)C(C)(C)NC)C(C)(C)O. The van der Waals surface area contributed by atoms with Crippen molar-refractivity contribution in [2.24, 2.45) is 11.8 Å². The number of hydrogen-bond acceptors (Lipinski definition) is 10. The van der Waals surface area contributed by atoms with Crippen LogP contribution in [0.3, 0.4) is 0 Å². The van der Waals surface area contributed by atoms with Gasteiger partial charge in [0.2, 0.25) is 23.6 Å². The lowest BCUT2D eigenvalue weighted by molar-refractivity contribution is -0.151. The molecule has 0 radical (unpaired) electrons. The summed E-state index contributed by atoms with van der Waals surface area (Å²) >= 11 is 1.49. The van der Waals surface area contributed by atoms with Crippen LogP contribution in [0.25, 0.3) is 0 Å². The van der Waals surface area contributed by atoms with Gasteiger partial charge < -0.3 is 40.3 Å². The van der Waals surface area contributed by atoms with Gasteiger partial charge in [0, 0.05) is 39.4 Å². The third kappa shape index (κ3) is 11.3. The Balaban J connectivity index is 1.81. The third-order valence-corrected chi connectivity index (χ3v) is 11.9. The Labute approximate surface area is 325 Å². The number of nitrogens with one attached hydrogen (secondary N) is 3. The Hall–Kier alpha value is -3.43. The Morgan fingerprint density at radius 3 is 2.28 bits per heavy atom. The van der Waals surface area contributed by atoms with E-state index in [1.807, 2.05) is 56.5 Å². The third-order valence-electron chi connectivity index (χ3n) is 11.0. The van der Waals surface area contributed by atoms with Crippen molar-refractivity contribution < 1.29 is 33.8 Å². The molecule has 1 aromatic heterocycles.